The largest absolute Gasteiger partial charge is 0.480 e. The van der Waals surface area contributed by atoms with E-state index in [4.69, 9.17) is 9.84 Å². The van der Waals surface area contributed by atoms with Crippen molar-refractivity contribution in [1.82, 2.24) is 0 Å². The lowest BCUT2D eigenvalue weighted by Crippen LogP contribution is -2.42. The average Bonchev–Trinajstić information content (AvgIpc) is 2.01. The standard InChI is InChI=1S/C9H15NO3/c1-2-9(6-13-7-9)3-4-10-5-8(11)12/h4H,2-3,5-7H2,1H3,(H,11,12). The minimum atomic E-state index is -0.883. The van der Waals surface area contributed by atoms with Gasteiger partial charge in [0.25, 0.3) is 0 Å². The van der Waals surface area contributed by atoms with Crippen molar-refractivity contribution >= 4 is 12.2 Å². The van der Waals surface area contributed by atoms with Gasteiger partial charge in [0.1, 0.15) is 6.54 Å². The molecule has 0 saturated carbocycles. The molecule has 4 nitrogen and oxygen atoms in total. The van der Waals surface area contributed by atoms with E-state index in [0.717, 1.165) is 26.1 Å². The Balaban J connectivity index is 2.24. The first kappa shape index (κ1) is 10.2. The summed E-state index contributed by atoms with van der Waals surface area (Å²) in [7, 11) is 0. The predicted molar refractivity (Wildman–Crippen MR) is 49.2 cm³/mol. The molecule has 1 aliphatic rings. The number of rotatable bonds is 5. The summed E-state index contributed by atoms with van der Waals surface area (Å²) < 4.78 is 5.13. The van der Waals surface area contributed by atoms with Crippen LogP contribution in [-0.2, 0) is 9.53 Å². The summed E-state index contributed by atoms with van der Waals surface area (Å²) in [5.74, 6) is -0.883. The molecule has 1 rings (SSSR count). The molecule has 0 atom stereocenters. The van der Waals surface area contributed by atoms with Gasteiger partial charge in [0.05, 0.1) is 13.2 Å². The van der Waals surface area contributed by atoms with Gasteiger partial charge in [-0.05, 0) is 12.8 Å². The number of carboxylic acids is 1. The molecule has 1 fully saturated rings. The van der Waals surface area contributed by atoms with Crippen LogP contribution in [0.5, 0.6) is 0 Å². The summed E-state index contributed by atoms with van der Waals surface area (Å²) in [5.41, 5.74) is 0.238. The van der Waals surface area contributed by atoms with Crippen molar-refractivity contribution < 1.29 is 14.6 Å². The second kappa shape index (κ2) is 4.37. The molecule has 1 N–H and O–H groups in total. The topological polar surface area (TPSA) is 58.9 Å². The third-order valence-electron chi connectivity index (χ3n) is 2.45. The van der Waals surface area contributed by atoms with Crippen LogP contribution in [0.25, 0.3) is 0 Å². The van der Waals surface area contributed by atoms with E-state index in [1.807, 2.05) is 0 Å². The first-order chi connectivity index (χ1) is 6.18. The highest BCUT2D eigenvalue weighted by Crippen LogP contribution is 2.33. The normalized spacial score (nSPS) is 20.1. The molecule has 1 saturated heterocycles. The lowest BCUT2D eigenvalue weighted by atomic mass is 9.80. The first-order valence-electron chi connectivity index (χ1n) is 4.46. The maximum Gasteiger partial charge on any atom is 0.325 e. The highest BCUT2D eigenvalue weighted by Gasteiger charge is 2.35. The first-order valence-corrected chi connectivity index (χ1v) is 4.46. The summed E-state index contributed by atoms with van der Waals surface area (Å²) in [6.45, 7) is 3.55. The van der Waals surface area contributed by atoms with Gasteiger partial charge in [0.2, 0.25) is 0 Å². The van der Waals surface area contributed by atoms with Gasteiger partial charge in [0, 0.05) is 11.6 Å². The zero-order valence-corrected chi connectivity index (χ0v) is 7.82. The van der Waals surface area contributed by atoms with Crippen molar-refractivity contribution in [2.75, 3.05) is 19.8 Å². The number of ether oxygens (including phenoxy) is 1. The molecule has 0 aliphatic carbocycles. The molecular formula is C9H15NO3. The molecule has 0 aromatic rings. The van der Waals surface area contributed by atoms with E-state index in [1.165, 1.54) is 0 Å². The number of hydrogen-bond acceptors (Lipinski definition) is 3. The second-order valence-corrected chi connectivity index (χ2v) is 3.47. The molecule has 1 aliphatic heterocycles. The number of aliphatic imine (C=N–C) groups is 1. The van der Waals surface area contributed by atoms with Crippen LogP contribution in [0.15, 0.2) is 4.99 Å². The maximum atomic E-state index is 10.1. The maximum absolute atomic E-state index is 10.1. The third-order valence-corrected chi connectivity index (χ3v) is 2.45. The molecule has 0 aromatic carbocycles. The van der Waals surface area contributed by atoms with Crippen LogP contribution in [0.1, 0.15) is 19.8 Å². The van der Waals surface area contributed by atoms with Gasteiger partial charge in [0.15, 0.2) is 0 Å². The van der Waals surface area contributed by atoms with Gasteiger partial charge < -0.3 is 9.84 Å². The van der Waals surface area contributed by atoms with Crippen LogP contribution in [0.2, 0.25) is 0 Å². The summed E-state index contributed by atoms with van der Waals surface area (Å²) in [6, 6.07) is 0. The molecule has 0 spiro atoms. The van der Waals surface area contributed by atoms with Crippen molar-refractivity contribution in [3.8, 4) is 0 Å². The van der Waals surface area contributed by atoms with Gasteiger partial charge in [-0.25, -0.2) is 0 Å². The number of carboxylic acid groups (broad SMARTS) is 1. The lowest BCUT2D eigenvalue weighted by Gasteiger charge is -2.39. The molecular weight excluding hydrogens is 170 g/mol. The minimum Gasteiger partial charge on any atom is -0.480 e. The van der Waals surface area contributed by atoms with Gasteiger partial charge in [-0.1, -0.05) is 6.92 Å². The minimum absolute atomic E-state index is 0.124. The smallest absolute Gasteiger partial charge is 0.325 e. The Morgan fingerprint density at radius 2 is 2.38 bits per heavy atom. The Labute approximate surface area is 77.6 Å². The Morgan fingerprint density at radius 1 is 1.69 bits per heavy atom. The fourth-order valence-corrected chi connectivity index (χ4v) is 1.26. The van der Waals surface area contributed by atoms with E-state index >= 15 is 0 Å². The van der Waals surface area contributed by atoms with Crippen LogP contribution in [-0.4, -0.2) is 37.0 Å². The lowest BCUT2D eigenvalue weighted by molar-refractivity contribution is -0.135. The number of aliphatic carboxylic acids is 1. The molecule has 0 aromatic heterocycles. The second-order valence-electron chi connectivity index (χ2n) is 3.47. The number of nitrogens with zero attached hydrogens (tertiary/aromatic N) is 1. The molecule has 0 radical (unpaired) electrons. The van der Waals surface area contributed by atoms with E-state index in [-0.39, 0.29) is 12.0 Å². The SMILES string of the molecule is CCC1(CC=NCC(=O)O)COC1. The quantitative estimate of drug-likeness (QED) is 0.649. The van der Waals surface area contributed by atoms with Crippen LogP contribution < -0.4 is 0 Å². The van der Waals surface area contributed by atoms with E-state index in [9.17, 15) is 4.79 Å². The Morgan fingerprint density at radius 3 is 2.77 bits per heavy atom. The average molecular weight is 185 g/mol. The summed E-state index contributed by atoms with van der Waals surface area (Å²) >= 11 is 0. The van der Waals surface area contributed by atoms with Crippen molar-refractivity contribution in [1.29, 1.82) is 0 Å². The third kappa shape index (κ3) is 2.81. The number of carbonyl (C=O) groups is 1. The highest BCUT2D eigenvalue weighted by atomic mass is 16.5. The molecule has 4 heteroatoms. The van der Waals surface area contributed by atoms with E-state index in [0.29, 0.717) is 0 Å². The monoisotopic (exact) mass is 185 g/mol. The van der Waals surface area contributed by atoms with Crippen molar-refractivity contribution in [2.45, 2.75) is 19.8 Å². The summed E-state index contributed by atoms with van der Waals surface area (Å²) in [4.78, 5) is 13.9. The fraction of sp³-hybridized carbons (Fsp3) is 0.778. The molecule has 0 amide bonds. The van der Waals surface area contributed by atoms with Crippen LogP contribution in [0.3, 0.4) is 0 Å². The molecule has 0 unspecified atom stereocenters. The zero-order valence-electron chi connectivity index (χ0n) is 7.82. The Kier molecular flexibility index (Phi) is 3.42. The van der Waals surface area contributed by atoms with Crippen molar-refractivity contribution in [2.24, 2.45) is 10.4 Å². The van der Waals surface area contributed by atoms with E-state index < -0.39 is 5.97 Å². The summed E-state index contributed by atoms with van der Waals surface area (Å²) in [6.07, 6.45) is 3.60. The van der Waals surface area contributed by atoms with E-state index in [2.05, 4.69) is 11.9 Å². The molecule has 74 valence electrons. The fourth-order valence-electron chi connectivity index (χ4n) is 1.26. The zero-order chi connectivity index (χ0) is 9.73. The van der Waals surface area contributed by atoms with Crippen molar-refractivity contribution in [3.63, 3.8) is 0 Å². The van der Waals surface area contributed by atoms with E-state index in [1.54, 1.807) is 6.21 Å². The molecule has 1 heterocycles. The highest BCUT2D eigenvalue weighted by molar-refractivity contribution is 5.72. The summed E-state index contributed by atoms with van der Waals surface area (Å²) in [5, 5.41) is 8.33. The van der Waals surface area contributed by atoms with Gasteiger partial charge in [-0.2, -0.15) is 0 Å². The van der Waals surface area contributed by atoms with Crippen LogP contribution in [0, 0.1) is 5.41 Å². The van der Waals surface area contributed by atoms with Gasteiger partial charge in [-0.3, -0.25) is 9.79 Å². The van der Waals surface area contributed by atoms with Crippen molar-refractivity contribution in [3.05, 3.63) is 0 Å². The Bertz CT molecular complexity index is 203. The molecule has 0 bridgehead atoms. The number of hydrogen-bond donors (Lipinski definition) is 1. The van der Waals surface area contributed by atoms with Gasteiger partial charge >= 0.3 is 5.97 Å². The van der Waals surface area contributed by atoms with Crippen LogP contribution in [0.4, 0.5) is 0 Å². The molecule has 13 heavy (non-hydrogen) atoms. The van der Waals surface area contributed by atoms with Crippen LogP contribution >= 0.6 is 0 Å². The Hall–Kier alpha value is -0.900. The predicted octanol–water partition coefficient (Wildman–Crippen LogP) is 0.959. The van der Waals surface area contributed by atoms with Gasteiger partial charge in [-0.15, -0.1) is 0 Å².